The maximum atomic E-state index is 13.7. The highest BCUT2D eigenvalue weighted by Gasteiger charge is 2.30. The van der Waals surface area contributed by atoms with Crippen molar-refractivity contribution in [3.05, 3.63) is 29.8 Å². The summed E-state index contributed by atoms with van der Waals surface area (Å²) < 4.78 is 26.9. The van der Waals surface area contributed by atoms with Gasteiger partial charge in [0.05, 0.1) is 11.7 Å². The number of piperazine rings is 1. The van der Waals surface area contributed by atoms with Gasteiger partial charge in [0.1, 0.15) is 11.6 Å². The molecule has 1 N–H and O–H groups in total. The van der Waals surface area contributed by atoms with Gasteiger partial charge in [-0.3, -0.25) is 14.6 Å². The van der Waals surface area contributed by atoms with Crippen LogP contribution in [0, 0.1) is 11.6 Å². The number of rotatable bonds is 4. The fourth-order valence-corrected chi connectivity index (χ4v) is 3.76. The van der Waals surface area contributed by atoms with Gasteiger partial charge in [-0.2, -0.15) is 0 Å². The number of nitrogens with zero attached hydrogens (tertiary/aromatic N) is 2. The first-order valence-corrected chi connectivity index (χ1v) is 8.78. The minimum Gasteiger partial charge on any atom is -0.322 e. The van der Waals surface area contributed by atoms with E-state index in [1.54, 1.807) is 0 Å². The Morgan fingerprint density at radius 2 is 1.83 bits per heavy atom. The lowest BCUT2D eigenvalue weighted by atomic mass is 10.1. The molecule has 1 heterocycles. The van der Waals surface area contributed by atoms with Crippen LogP contribution in [-0.4, -0.2) is 54.0 Å². The quantitative estimate of drug-likeness (QED) is 0.918. The van der Waals surface area contributed by atoms with Crippen molar-refractivity contribution in [3.8, 4) is 0 Å². The van der Waals surface area contributed by atoms with Crippen molar-refractivity contribution in [2.24, 2.45) is 0 Å². The van der Waals surface area contributed by atoms with Crippen LogP contribution in [0.3, 0.4) is 0 Å². The predicted molar refractivity (Wildman–Crippen MR) is 89.9 cm³/mol. The van der Waals surface area contributed by atoms with Gasteiger partial charge in [-0.05, 0) is 31.9 Å². The molecule has 0 radical (unpaired) electrons. The van der Waals surface area contributed by atoms with Crippen molar-refractivity contribution in [1.82, 2.24) is 9.80 Å². The molecule has 6 heteroatoms. The summed E-state index contributed by atoms with van der Waals surface area (Å²) in [5.41, 5.74) is -0.101. The third-order valence-corrected chi connectivity index (χ3v) is 5.30. The molecule has 1 amide bonds. The lowest BCUT2D eigenvalue weighted by molar-refractivity contribution is -0.121. The van der Waals surface area contributed by atoms with Gasteiger partial charge >= 0.3 is 0 Å². The highest BCUT2D eigenvalue weighted by atomic mass is 19.1. The monoisotopic (exact) mass is 337 g/mol. The fraction of sp³-hybridized carbons (Fsp3) is 0.611. The van der Waals surface area contributed by atoms with E-state index in [4.69, 9.17) is 0 Å². The molecule has 1 saturated heterocycles. The lowest BCUT2D eigenvalue weighted by Gasteiger charge is -2.40. The summed E-state index contributed by atoms with van der Waals surface area (Å²) in [6, 6.07) is 3.42. The van der Waals surface area contributed by atoms with Crippen molar-refractivity contribution < 1.29 is 13.6 Å². The van der Waals surface area contributed by atoms with Crippen LogP contribution in [0.4, 0.5) is 14.5 Å². The smallest absolute Gasteiger partial charge is 0.241 e. The molecule has 24 heavy (non-hydrogen) atoms. The summed E-state index contributed by atoms with van der Waals surface area (Å²) >= 11 is 0. The van der Waals surface area contributed by atoms with Crippen molar-refractivity contribution in [3.63, 3.8) is 0 Å². The van der Waals surface area contributed by atoms with Crippen LogP contribution in [0.15, 0.2) is 18.2 Å². The molecule has 0 aromatic heterocycles. The van der Waals surface area contributed by atoms with Crippen LogP contribution in [-0.2, 0) is 4.79 Å². The zero-order valence-corrected chi connectivity index (χ0v) is 14.1. The van der Waals surface area contributed by atoms with Crippen LogP contribution in [0.25, 0.3) is 0 Å². The Bertz CT molecular complexity index is 582. The topological polar surface area (TPSA) is 35.6 Å². The molecule has 0 bridgehead atoms. The standard InChI is InChI=1S/C18H25F2N3O/c1-13(18(24)21-17-12-14(19)6-7-16(17)20)22-8-10-23(11-9-22)15-4-2-3-5-15/h6-7,12-13,15H,2-5,8-11H2,1H3,(H,21,24). The number of hydrogen-bond acceptors (Lipinski definition) is 3. The molecular weight excluding hydrogens is 312 g/mol. The van der Waals surface area contributed by atoms with Crippen LogP contribution in [0.1, 0.15) is 32.6 Å². The summed E-state index contributed by atoms with van der Waals surface area (Å²) in [7, 11) is 0. The van der Waals surface area contributed by atoms with E-state index in [0.29, 0.717) is 6.04 Å². The van der Waals surface area contributed by atoms with Crippen molar-refractivity contribution in [2.45, 2.75) is 44.7 Å². The third-order valence-electron chi connectivity index (χ3n) is 5.30. The highest BCUT2D eigenvalue weighted by molar-refractivity contribution is 5.94. The van der Waals surface area contributed by atoms with Gasteiger partial charge < -0.3 is 5.32 Å². The zero-order valence-electron chi connectivity index (χ0n) is 14.1. The Morgan fingerprint density at radius 1 is 1.17 bits per heavy atom. The summed E-state index contributed by atoms with van der Waals surface area (Å²) in [6.45, 7) is 5.42. The molecule has 1 saturated carbocycles. The van der Waals surface area contributed by atoms with Gasteiger partial charge in [0.25, 0.3) is 0 Å². The molecule has 132 valence electrons. The van der Waals surface area contributed by atoms with Gasteiger partial charge in [-0.25, -0.2) is 8.78 Å². The van der Waals surface area contributed by atoms with Crippen LogP contribution in [0.5, 0.6) is 0 Å². The molecule has 4 nitrogen and oxygen atoms in total. The largest absolute Gasteiger partial charge is 0.322 e. The first kappa shape index (κ1) is 17.3. The van der Waals surface area contributed by atoms with E-state index < -0.39 is 11.6 Å². The van der Waals surface area contributed by atoms with E-state index in [0.717, 1.165) is 44.4 Å². The van der Waals surface area contributed by atoms with E-state index in [1.807, 2.05) is 6.92 Å². The highest BCUT2D eigenvalue weighted by Crippen LogP contribution is 2.24. The number of amides is 1. The van der Waals surface area contributed by atoms with Crippen LogP contribution in [0.2, 0.25) is 0 Å². The molecule has 2 aliphatic rings. The normalized spacial score (nSPS) is 21.8. The molecule has 0 spiro atoms. The van der Waals surface area contributed by atoms with Crippen LogP contribution < -0.4 is 5.32 Å². The number of halogens is 2. The van der Waals surface area contributed by atoms with Crippen molar-refractivity contribution >= 4 is 11.6 Å². The Morgan fingerprint density at radius 3 is 2.50 bits per heavy atom. The number of carbonyl (C=O) groups excluding carboxylic acids is 1. The van der Waals surface area contributed by atoms with Crippen LogP contribution >= 0.6 is 0 Å². The minimum absolute atomic E-state index is 0.101. The van der Waals surface area contributed by atoms with Gasteiger partial charge in [0.15, 0.2) is 0 Å². The van der Waals surface area contributed by atoms with E-state index in [9.17, 15) is 13.6 Å². The first-order chi connectivity index (χ1) is 11.5. The Hall–Kier alpha value is -1.53. The minimum atomic E-state index is -0.622. The second-order valence-electron chi connectivity index (χ2n) is 6.80. The summed E-state index contributed by atoms with van der Waals surface area (Å²) in [5.74, 6) is -1.48. The maximum Gasteiger partial charge on any atom is 0.241 e. The van der Waals surface area contributed by atoms with Gasteiger partial charge in [0, 0.05) is 38.3 Å². The Kier molecular flexibility index (Phi) is 5.46. The SMILES string of the molecule is CC(C(=O)Nc1cc(F)ccc1F)N1CCN(C2CCCC2)CC1. The van der Waals surface area contributed by atoms with Crippen molar-refractivity contribution in [1.29, 1.82) is 0 Å². The van der Waals surface area contributed by atoms with E-state index in [2.05, 4.69) is 15.1 Å². The van der Waals surface area contributed by atoms with E-state index in [1.165, 1.54) is 25.7 Å². The summed E-state index contributed by atoms with van der Waals surface area (Å²) in [4.78, 5) is 17.0. The van der Waals surface area contributed by atoms with Crippen molar-refractivity contribution in [2.75, 3.05) is 31.5 Å². The number of anilines is 1. The third kappa shape index (κ3) is 3.92. The molecule has 1 atom stereocenters. The summed E-state index contributed by atoms with van der Waals surface area (Å²) in [5, 5.41) is 2.51. The van der Waals surface area contributed by atoms with E-state index >= 15 is 0 Å². The number of nitrogens with one attached hydrogen (secondary N) is 1. The molecular formula is C18H25F2N3O. The van der Waals surface area contributed by atoms with Gasteiger partial charge in [0.2, 0.25) is 5.91 Å². The second-order valence-corrected chi connectivity index (χ2v) is 6.80. The molecule has 2 fully saturated rings. The molecule has 1 aromatic carbocycles. The number of hydrogen-bond donors (Lipinski definition) is 1. The lowest BCUT2D eigenvalue weighted by Crippen LogP contribution is -2.54. The number of carbonyl (C=O) groups is 1. The van der Waals surface area contributed by atoms with Gasteiger partial charge in [-0.15, -0.1) is 0 Å². The second kappa shape index (κ2) is 7.57. The molecule has 1 aliphatic carbocycles. The Balaban J connectivity index is 1.53. The van der Waals surface area contributed by atoms with E-state index in [-0.39, 0.29) is 17.6 Å². The molecule has 1 aromatic rings. The predicted octanol–water partition coefficient (Wildman–Crippen LogP) is 2.85. The number of benzene rings is 1. The maximum absolute atomic E-state index is 13.7. The molecule has 1 unspecified atom stereocenters. The zero-order chi connectivity index (χ0) is 17.1. The Labute approximate surface area is 141 Å². The fourth-order valence-electron chi connectivity index (χ4n) is 3.76. The summed E-state index contributed by atoms with van der Waals surface area (Å²) in [6.07, 6.45) is 5.22. The van der Waals surface area contributed by atoms with Gasteiger partial charge in [-0.1, -0.05) is 12.8 Å². The average molecular weight is 337 g/mol. The average Bonchev–Trinajstić information content (AvgIpc) is 3.12. The molecule has 3 rings (SSSR count). The molecule has 1 aliphatic heterocycles. The first-order valence-electron chi connectivity index (χ1n) is 8.78.